The molecule has 2 aromatic rings. The number of carbonyl (C=O) groups excluding carboxylic acids is 2. The number of hydrogen-bond donors (Lipinski definition) is 0. The Kier molecular flexibility index (Phi) is 4.41. The van der Waals surface area contributed by atoms with Gasteiger partial charge in [-0.05, 0) is 30.7 Å². The standard InChI is InChI=1S/C23H26N4O3/c1-23-15-17(16-7-3-4-8-18(16)30-23)20(21(28)25(23)2)22(29)27-13-11-26(12-14-27)19-9-5-6-10-24-19/h3-10,17,20H,11-15H2,1-2H3. The van der Waals surface area contributed by atoms with E-state index >= 15 is 0 Å². The van der Waals surface area contributed by atoms with Crippen molar-refractivity contribution in [1.29, 1.82) is 0 Å². The van der Waals surface area contributed by atoms with E-state index in [-0.39, 0.29) is 17.7 Å². The highest BCUT2D eigenvalue weighted by atomic mass is 16.5. The van der Waals surface area contributed by atoms with Crippen LogP contribution in [-0.4, -0.2) is 65.5 Å². The van der Waals surface area contributed by atoms with Crippen molar-refractivity contribution in [2.75, 3.05) is 38.1 Å². The van der Waals surface area contributed by atoms with Gasteiger partial charge in [0.2, 0.25) is 11.8 Å². The summed E-state index contributed by atoms with van der Waals surface area (Å²) in [5.41, 5.74) is 0.242. The van der Waals surface area contributed by atoms with E-state index in [9.17, 15) is 9.59 Å². The van der Waals surface area contributed by atoms with Crippen LogP contribution in [0.5, 0.6) is 5.75 Å². The highest BCUT2D eigenvalue weighted by molar-refractivity contribution is 6.02. The first-order chi connectivity index (χ1) is 14.5. The van der Waals surface area contributed by atoms with Crippen molar-refractivity contribution in [3.63, 3.8) is 0 Å². The van der Waals surface area contributed by atoms with Gasteiger partial charge in [-0.15, -0.1) is 0 Å². The van der Waals surface area contributed by atoms with E-state index in [1.54, 1.807) is 18.1 Å². The molecular formula is C23H26N4O3. The zero-order valence-electron chi connectivity index (χ0n) is 17.3. The maximum atomic E-state index is 13.6. The number of aromatic nitrogens is 1. The molecule has 7 heteroatoms. The van der Waals surface area contributed by atoms with Crippen molar-refractivity contribution in [2.45, 2.75) is 25.0 Å². The first-order valence-corrected chi connectivity index (χ1v) is 10.5. The van der Waals surface area contributed by atoms with Crippen LogP contribution in [0.3, 0.4) is 0 Å². The summed E-state index contributed by atoms with van der Waals surface area (Å²) < 4.78 is 6.18. The quantitative estimate of drug-likeness (QED) is 0.715. The fourth-order valence-corrected chi connectivity index (χ4v) is 4.96. The number of piperazine rings is 1. The maximum absolute atomic E-state index is 13.6. The number of fused-ring (bicyclic) bond motifs is 4. The molecule has 2 bridgehead atoms. The van der Waals surface area contributed by atoms with Crippen LogP contribution in [0, 0.1) is 5.92 Å². The molecular weight excluding hydrogens is 380 g/mol. The summed E-state index contributed by atoms with van der Waals surface area (Å²) in [5, 5.41) is 0. The number of nitrogens with zero attached hydrogens (tertiary/aromatic N) is 4. The topological polar surface area (TPSA) is 66.0 Å². The van der Waals surface area contributed by atoms with Gasteiger partial charge in [0, 0.05) is 51.8 Å². The van der Waals surface area contributed by atoms with Crippen LogP contribution >= 0.6 is 0 Å². The molecule has 0 aliphatic carbocycles. The minimum absolute atomic E-state index is 0.0729. The lowest BCUT2D eigenvalue weighted by Gasteiger charge is -2.52. The summed E-state index contributed by atoms with van der Waals surface area (Å²) in [7, 11) is 1.74. The van der Waals surface area contributed by atoms with Crippen molar-refractivity contribution in [3.05, 3.63) is 54.2 Å². The van der Waals surface area contributed by atoms with Gasteiger partial charge >= 0.3 is 0 Å². The average Bonchev–Trinajstić information content (AvgIpc) is 2.78. The molecule has 156 valence electrons. The normalized spacial score (nSPS) is 28.1. The Balaban J connectivity index is 1.39. The fraction of sp³-hybridized carbons (Fsp3) is 0.435. The Labute approximate surface area is 176 Å². The van der Waals surface area contributed by atoms with Crippen molar-refractivity contribution < 1.29 is 14.3 Å². The molecule has 4 heterocycles. The monoisotopic (exact) mass is 406 g/mol. The number of carbonyl (C=O) groups is 2. The lowest BCUT2D eigenvalue weighted by atomic mass is 9.73. The van der Waals surface area contributed by atoms with Gasteiger partial charge in [-0.2, -0.15) is 0 Å². The lowest BCUT2D eigenvalue weighted by Crippen LogP contribution is -2.64. The predicted octanol–water partition coefficient (Wildman–Crippen LogP) is 2.10. The van der Waals surface area contributed by atoms with Gasteiger partial charge in [-0.25, -0.2) is 4.98 Å². The number of amides is 2. The highest BCUT2D eigenvalue weighted by Crippen LogP contribution is 2.50. The molecule has 3 aliphatic rings. The summed E-state index contributed by atoms with van der Waals surface area (Å²) in [6, 6.07) is 13.6. The summed E-state index contributed by atoms with van der Waals surface area (Å²) >= 11 is 0. The zero-order chi connectivity index (χ0) is 20.9. The van der Waals surface area contributed by atoms with Crippen molar-refractivity contribution >= 4 is 17.6 Å². The summed E-state index contributed by atoms with van der Waals surface area (Å²) in [5.74, 6) is 0.608. The third kappa shape index (κ3) is 2.91. The maximum Gasteiger partial charge on any atom is 0.238 e. The molecule has 2 saturated heterocycles. The number of hydrogen-bond acceptors (Lipinski definition) is 5. The van der Waals surface area contributed by atoms with Crippen molar-refractivity contribution in [2.24, 2.45) is 5.92 Å². The van der Waals surface area contributed by atoms with Gasteiger partial charge in [-0.3, -0.25) is 9.59 Å². The Morgan fingerprint density at radius 2 is 1.83 bits per heavy atom. The Morgan fingerprint density at radius 1 is 1.10 bits per heavy atom. The number of benzene rings is 1. The van der Waals surface area contributed by atoms with Crippen molar-refractivity contribution in [3.8, 4) is 5.75 Å². The lowest BCUT2D eigenvalue weighted by molar-refractivity contribution is -0.174. The number of ether oxygens (including phenoxy) is 1. The SMILES string of the molecule is CN1C(=O)C(C(=O)N2CCN(c3ccccn3)CC2)C2CC1(C)Oc1ccccc12. The number of anilines is 1. The van der Waals surface area contributed by atoms with Gasteiger partial charge in [0.1, 0.15) is 17.5 Å². The number of piperidine rings is 1. The van der Waals surface area contributed by atoms with E-state index in [4.69, 9.17) is 4.74 Å². The van der Waals surface area contributed by atoms with E-state index in [1.165, 1.54) is 0 Å². The molecule has 3 atom stereocenters. The molecule has 30 heavy (non-hydrogen) atoms. The van der Waals surface area contributed by atoms with Crippen LogP contribution in [0.4, 0.5) is 5.82 Å². The van der Waals surface area contributed by atoms with Gasteiger partial charge in [-0.1, -0.05) is 24.3 Å². The van der Waals surface area contributed by atoms with Gasteiger partial charge in [0.05, 0.1) is 0 Å². The molecule has 2 fully saturated rings. The molecule has 5 rings (SSSR count). The minimum atomic E-state index is -0.718. The van der Waals surface area contributed by atoms with Crippen LogP contribution in [0.15, 0.2) is 48.7 Å². The number of likely N-dealkylation sites (tertiary alicyclic amines) is 1. The van der Waals surface area contributed by atoms with Crippen LogP contribution in [0.2, 0.25) is 0 Å². The summed E-state index contributed by atoms with van der Waals surface area (Å²) in [6.45, 7) is 4.53. The van der Waals surface area contributed by atoms with Crippen molar-refractivity contribution in [1.82, 2.24) is 14.8 Å². The first kappa shape index (κ1) is 18.9. The van der Waals surface area contributed by atoms with E-state index < -0.39 is 11.6 Å². The predicted molar refractivity (Wildman–Crippen MR) is 112 cm³/mol. The molecule has 0 spiro atoms. The minimum Gasteiger partial charge on any atom is -0.468 e. The van der Waals surface area contributed by atoms with Crippen LogP contribution < -0.4 is 9.64 Å². The van der Waals surface area contributed by atoms with Crippen LogP contribution in [0.1, 0.15) is 24.8 Å². The second-order valence-corrected chi connectivity index (χ2v) is 8.50. The molecule has 0 N–H and O–H groups in total. The number of para-hydroxylation sites is 1. The average molecular weight is 406 g/mol. The van der Waals surface area contributed by atoms with Gasteiger partial charge < -0.3 is 19.4 Å². The highest BCUT2D eigenvalue weighted by Gasteiger charge is 2.55. The Morgan fingerprint density at radius 3 is 2.57 bits per heavy atom. The molecule has 7 nitrogen and oxygen atoms in total. The molecule has 1 aromatic carbocycles. The second kappa shape index (κ2) is 7.00. The molecule has 3 unspecified atom stereocenters. The third-order valence-corrected chi connectivity index (χ3v) is 6.79. The van der Waals surface area contributed by atoms with Crippen LogP contribution in [-0.2, 0) is 9.59 Å². The number of pyridine rings is 1. The summed E-state index contributed by atoms with van der Waals surface area (Å²) in [6.07, 6.45) is 2.40. The molecule has 0 radical (unpaired) electrons. The molecule has 3 aliphatic heterocycles. The van der Waals surface area contributed by atoms with E-state index in [1.807, 2.05) is 54.3 Å². The number of rotatable bonds is 2. The smallest absolute Gasteiger partial charge is 0.238 e. The molecule has 0 saturated carbocycles. The van der Waals surface area contributed by atoms with Crippen LogP contribution in [0.25, 0.3) is 0 Å². The molecule has 2 amide bonds. The van der Waals surface area contributed by atoms with E-state index in [2.05, 4.69) is 9.88 Å². The van der Waals surface area contributed by atoms with E-state index in [0.717, 1.165) is 17.1 Å². The second-order valence-electron chi connectivity index (χ2n) is 8.50. The summed E-state index contributed by atoms with van der Waals surface area (Å²) in [4.78, 5) is 36.9. The van der Waals surface area contributed by atoms with Gasteiger partial charge in [0.25, 0.3) is 0 Å². The first-order valence-electron chi connectivity index (χ1n) is 10.5. The zero-order valence-corrected chi connectivity index (χ0v) is 17.3. The largest absolute Gasteiger partial charge is 0.468 e. The van der Waals surface area contributed by atoms with E-state index in [0.29, 0.717) is 32.6 Å². The fourth-order valence-electron chi connectivity index (χ4n) is 4.96. The third-order valence-electron chi connectivity index (χ3n) is 6.79. The van der Waals surface area contributed by atoms with Gasteiger partial charge in [0.15, 0.2) is 5.72 Å². The molecule has 1 aromatic heterocycles. The Hall–Kier alpha value is -3.09. The Bertz CT molecular complexity index is 973.